The van der Waals surface area contributed by atoms with E-state index in [1.807, 2.05) is 0 Å². The molecule has 0 saturated carbocycles. The molecule has 1 rings (SSSR count). The molecule has 0 spiro atoms. The maximum absolute atomic E-state index is 13.0. The Balaban J connectivity index is 2.71. The fourth-order valence-electron chi connectivity index (χ4n) is 1.05. The average Bonchev–Trinajstić information content (AvgIpc) is 2.15. The third kappa shape index (κ3) is 3.06. The minimum absolute atomic E-state index is 0.102. The maximum atomic E-state index is 13.0. The fourth-order valence-corrected chi connectivity index (χ4v) is 1.43. The Labute approximate surface area is 90.5 Å². The number of Topliss-reactive ketones (excluding diaryl/α,β-unsaturated/α-hetero) is 1. The Morgan fingerprint density at radius 1 is 1.38 bits per heavy atom. The highest BCUT2D eigenvalue weighted by molar-refractivity contribution is 14.1. The molecule has 0 aliphatic carbocycles. The first-order valence-corrected chi connectivity index (χ1v) is 5.62. The lowest BCUT2D eigenvalue weighted by atomic mass is 10.1. The molecule has 1 nitrogen and oxygen atoms in total. The third-order valence-corrected chi connectivity index (χ3v) is 2.47. The zero-order valence-electron chi connectivity index (χ0n) is 7.09. The summed E-state index contributed by atoms with van der Waals surface area (Å²) < 4.78 is 14.0. The SMILES string of the molecule is O=C(CCCI)c1ccccc1F. The number of halogens is 2. The number of hydrogen-bond donors (Lipinski definition) is 0. The summed E-state index contributed by atoms with van der Waals surface area (Å²) in [5.74, 6) is -0.518. The first kappa shape index (κ1) is 10.6. The lowest BCUT2D eigenvalue weighted by Crippen LogP contribution is -2.01. The number of alkyl halides is 1. The molecule has 0 amide bonds. The molecule has 0 unspecified atom stereocenters. The van der Waals surface area contributed by atoms with Crippen molar-refractivity contribution in [2.75, 3.05) is 4.43 Å². The van der Waals surface area contributed by atoms with Crippen LogP contribution in [0.25, 0.3) is 0 Å². The monoisotopic (exact) mass is 292 g/mol. The van der Waals surface area contributed by atoms with Crippen molar-refractivity contribution in [1.29, 1.82) is 0 Å². The van der Waals surface area contributed by atoms with Gasteiger partial charge in [-0.05, 0) is 23.0 Å². The first-order valence-electron chi connectivity index (χ1n) is 4.09. The molecule has 0 radical (unpaired) electrons. The van der Waals surface area contributed by atoms with Crippen LogP contribution >= 0.6 is 22.6 Å². The summed E-state index contributed by atoms with van der Waals surface area (Å²) in [6.07, 6.45) is 1.25. The van der Waals surface area contributed by atoms with Crippen LogP contribution in [0.2, 0.25) is 0 Å². The molecule has 0 N–H and O–H groups in total. The van der Waals surface area contributed by atoms with E-state index in [0.717, 1.165) is 10.8 Å². The summed E-state index contributed by atoms with van der Waals surface area (Å²) in [4.78, 5) is 11.4. The maximum Gasteiger partial charge on any atom is 0.165 e. The largest absolute Gasteiger partial charge is 0.294 e. The fraction of sp³-hybridized carbons (Fsp3) is 0.300. The van der Waals surface area contributed by atoms with E-state index >= 15 is 0 Å². The molecule has 1 aromatic rings. The summed E-state index contributed by atoms with van der Waals surface area (Å²) in [7, 11) is 0. The molecule has 0 aromatic heterocycles. The molecule has 0 atom stereocenters. The van der Waals surface area contributed by atoms with Gasteiger partial charge in [-0.25, -0.2) is 4.39 Å². The normalized spacial score (nSPS) is 10.0. The zero-order chi connectivity index (χ0) is 9.68. The van der Waals surface area contributed by atoms with E-state index in [2.05, 4.69) is 22.6 Å². The average molecular weight is 292 g/mol. The zero-order valence-corrected chi connectivity index (χ0v) is 9.25. The van der Waals surface area contributed by atoms with Gasteiger partial charge in [-0.15, -0.1) is 0 Å². The van der Waals surface area contributed by atoms with E-state index in [0.29, 0.717) is 6.42 Å². The van der Waals surface area contributed by atoms with Crippen molar-refractivity contribution < 1.29 is 9.18 Å². The molecule has 0 aliphatic heterocycles. The van der Waals surface area contributed by atoms with E-state index in [4.69, 9.17) is 0 Å². The molecule has 0 heterocycles. The van der Waals surface area contributed by atoms with Gasteiger partial charge in [0.15, 0.2) is 5.78 Å². The molecule has 3 heteroatoms. The lowest BCUT2D eigenvalue weighted by molar-refractivity contribution is 0.0978. The topological polar surface area (TPSA) is 17.1 Å². The molecule has 0 aliphatic rings. The smallest absolute Gasteiger partial charge is 0.165 e. The molecule has 0 fully saturated rings. The second-order valence-electron chi connectivity index (χ2n) is 2.70. The van der Waals surface area contributed by atoms with Crippen LogP contribution in [-0.2, 0) is 0 Å². The summed E-state index contributed by atoms with van der Waals surface area (Å²) >= 11 is 2.20. The highest BCUT2D eigenvalue weighted by Gasteiger charge is 2.09. The van der Waals surface area contributed by atoms with Crippen LogP contribution in [0.4, 0.5) is 4.39 Å². The number of benzene rings is 1. The summed E-state index contributed by atoms with van der Waals surface area (Å²) in [6, 6.07) is 6.12. The Morgan fingerprint density at radius 2 is 2.08 bits per heavy atom. The van der Waals surface area contributed by atoms with E-state index in [-0.39, 0.29) is 11.3 Å². The van der Waals surface area contributed by atoms with Gasteiger partial charge in [-0.2, -0.15) is 0 Å². The van der Waals surface area contributed by atoms with Crippen molar-refractivity contribution in [2.24, 2.45) is 0 Å². The third-order valence-electron chi connectivity index (χ3n) is 1.71. The number of carbonyl (C=O) groups excluding carboxylic acids is 1. The molecule has 0 saturated heterocycles. The van der Waals surface area contributed by atoms with Crippen LogP contribution < -0.4 is 0 Å². The highest BCUT2D eigenvalue weighted by atomic mass is 127. The Bertz CT molecular complexity index is 299. The van der Waals surface area contributed by atoms with Crippen LogP contribution in [0, 0.1) is 5.82 Å². The second-order valence-corrected chi connectivity index (χ2v) is 3.77. The van der Waals surface area contributed by atoms with E-state index in [9.17, 15) is 9.18 Å². The van der Waals surface area contributed by atoms with Crippen LogP contribution in [0.5, 0.6) is 0 Å². The van der Waals surface area contributed by atoms with Crippen molar-refractivity contribution in [2.45, 2.75) is 12.8 Å². The van der Waals surface area contributed by atoms with Gasteiger partial charge >= 0.3 is 0 Å². The Hall–Kier alpha value is -0.450. The van der Waals surface area contributed by atoms with Crippen LogP contribution in [0.1, 0.15) is 23.2 Å². The van der Waals surface area contributed by atoms with Crippen LogP contribution in [0.3, 0.4) is 0 Å². The van der Waals surface area contributed by atoms with Gasteiger partial charge < -0.3 is 0 Å². The van der Waals surface area contributed by atoms with E-state index in [1.54, 1.807) is 12.1 Å². The van der Waals surface area contributed by atoms with Crippen molar-refractivity contribution in [3.8, 4) is 0 Å². The van der Waals surface area contributed by atoms with Gasteiger partial charge in [0.2, 0.25) is 0 Å². The number of hydrogen-bond acceptors (Lipinski definition) is 1. The number of rotatable bonds is 4. The lowest BCUT2D eigenvalue weighted by Gasteiger charge is -2.00. The van der Waals surface area contributed by atoms with Crippen LogP contribution in [-0.4, -0.2) is 10.2 Å². The van der Waals surface area contributed by atoms with Gasteiger partial charge in [0, 0.05) is 6.42 Å². The molecular formula is C10H10FIO. The number of carbonyl (C=O) groups is 1. The Morgan fingerprint density at radius 3 is 2.69 bits per heavy atom. The van der Waals surface area contributed by atoms with E-state index < -0.39 is 5.82 Å². The van der Waals surface area contributed by atoms with Crippen molar-refractivity contribution in [3.05, 3.63) is 35.6 Å². The predicted octanol–water partition coefficient (Wildman–Crippen LogP) is 3.22. The van der Waals surface area contributed by atoms with Gasteiger partial charge in [0.25, 0.3) is 0 Å². The molecule has 0 bridgehead atoms. The van der Waals surface area contributed by atoms with Gasteiger partial charge in [-0.1, -0.05) is 34.7 Å². The molecule has 70 valence electrons. The van der Waals surface area contributed by atoms with Gasteiger partial charge in [0.05, 0.1) is 5.56 Å². The summed E-state index contributed by atoms with van der Waals surface area (Å²) in [5.41, 5.74) is 0.215. The van der Waals surface area contributed by atoms with E-state index in [1.165, 1.54) is 12.1 Å². The first-order chi connectivity index (χ1) is 6.25. The van der Waals surface area contributed by atoms with Gasteiger partial charge in [-0.3, -0.25) is 4.79 Å². The summed E-state index contributed by atoms with van der Waals surface area (Å²) in [6.45, 7) is 0. The standard InChI is InChI=1S/C10H10FIO/c11-9-5-2-1-4-8(9)10(13)6-3-7-12/h1-2,4-5H,3,6-7H2. The minimum atomic E-state index is -0.416. The molecule has 13 heavy (non-hydrogen) atoms. The highest BCUT2D eigenvalue weighted by Crippen LogP contribution is 2.10. The second kappa shape index (κ2) is 5.32. The summed E-state index contributed by atoms with van der Waals surface area (Å²) in [5, 5.41) is 0. The quantitative estimate of drug-likeness (QED) is 0.473. The molecule has 1 aromatic carbocycles. The minimum Gasteiger partial charge on any atom is -0.294 e. The van der Waals surface area contributed by atoms with Crippen molar-refractivity contribution in [1.82, 2.24) is 0 Å². The van der Waals surface area contributed by atoms with Crippen LogP contribution in [0.15, 0.2) is 24.3 Å². The molecular weight excluding hydrogens is 282 g/mol. The predicted molar refractivity (Wildman–Crippen MR) is 58.9 cm³/mol. The number of ketones is 1. The Kier molecular flexibility index (Phi) is 4.35. The van der Waals surface area contributed by atoms with Gasteiger partial charge in [0.1, 0.15) is 5.82 Å². The van der Waals surface area contributed by atoms with Crippen molar-refractivity contribution >= 4 is 28.4 Å². The van der Waals surface area contributed by atoms with Crippen molar-refractivity contribution in [3.63, 3.8) is 0 Å².